The molecule has 2 aromatic rings. The first-order chi connectivity index (χ1) is 10.8. The molecule has 4 nitrogen and oxygen atoms in total. The van der Waals surface area contributed by atoms with Gasteiger partial charge in [0.25, 0.3) is 0 Å². The minimum Gasteiger partial charge on any atom is -0.446 e. The average Bonchev–Trinajstić information content (AvgIpc) is 2.96. The van der Waals surface area contributed by atoms with Gasteiger partial charge in [0, 0.05) is 11.5 Å². The van der Waals surface area contributed by atoms with Gasteiger partial charge in [-0.1, -0.05) is 54.5 Å². The minimum atomic E-state index is -0.652. The summed E-state index contributed by atoms with van der Waals surface area (Å²) >= 11 is 0. The van der Waals surface area contributed by atoms with Gasteiger partial charge in [-0.2, -0.15) is 0 Å². The van der Waals surface area contributed by atoms with Crippen molar-refractivity contribution in [3.8, 4) is 11.8 Å². The maximum atomic E-state index is 12.3. The summed E-state index contributed by atoms with van der Waals surface area (Å²) in [4.78, 5) is 25.2. The van der Waals surface area contributed by atoms with Gasteiger partial charge in [0.1, 0.15) is 12.6 Å². The summed E-state index contributed by atoms with van der Waals surface area (Å²) < 4.78 is 5.00. The summed E-state index contributed by atoms with van der Waals surface area (Å²) in [5.74, 6) is 4.72. The van der Waals surface area contributed by atoms with Crippen LogP contribution in [0.25, 0.3) is 0 Å². The maximum Gasteiger partial charge on any atom is 0.418 e. The Morgan fingerprint density at radius 2 is 1.68 bits per heavy atom. The summed E-state index contributed by atoms with van der Waals surface area (Å²) in [5.41, 5.74) is 1.57. The largest absolute Gasteiger partial charge is 0.446 e. The van der Waals surface area contributed by atoms with Gasteiger partial charge in [-0.15, -0.1) is 0 Å². The molecule has 2 amide bonds. The van der Waals surface area contributed by atoms with Crippen LogP contribution in [-0.4, -0.2) is 23.5 Å². The molecule has 2 aromatic carbocycles. The van der Waals surface area contributed by atoms with Crippen molar-refractivity contribution < 1.29 is 14.3 Å². The molecule has 0 saturated carbocycles. The second kappa shape index (κ2) is 6.15. The van der Waals surface area contributed by atoms with Crippen LogP contribution in [-0.2, 0) is 9.53 Å². The monoisotopic (exact) mass is 291 g/mol. The SMILES string of the molecule is O=C(C#Cc1ccccc1)N1C(=O)OC[C@@H]1c1ccccc1. The molecule has 0 aliphatic carbocycles. The lowest BCUT2D eigenvalue weighted by molar-refractivity contribution is -0.123. The number of amides is 2. The van der Waals surface area contributed by atoms with Crippen molar-refractivity contribution in [2.75, 3.05) is 6.61 Å². The maximum absolute atomic E-state index is 12.3. The molecule has 1 atom stereocenters. The van der Waals surface area contributed by atoms with Crippen LogP contribution in [0.15, 0.2) is 60.7 Å². The van der Waals surface area contributed by atoms with E-state index in [1.807, 2.05) is 48.5 Å². The van der Waals surface area contributed by atoms with Gasteiger partial charge in [-0.3, -0.25) is 4.79 Å². The van der Waals surface area contributed by atoms with Crippen molar-refractivity contribution in [3.05, 3.63) is 71.8 Å². The first kappa shape index (κ1) is 13.9. The quantitative estimate of drug-likeness (QED) is 0.759. The predicted molar refractivity (Wildman–Crippen MR) is 80.7 cm³/mol. The minimum absolute atomic E-state index is 0.154. The molecule has 0 radical (unpaired) electrons. The molecule has 0 spiro atoms. The highest BCUT2D eigenvalue weighted by Gasteiger charge is 2.38. The Balaban J connectivity index is 1.84. The second-order valence-corrected chi connectivity index (χ2v) is 4.79. The molecule has 1 fully saturated rings. The molecular formula is C18H13NO3. The topological polar surface area (TPSA) is 46.6 Å². The van der Waals surface area contributed by atoms with E-state index in [0.717, 1.165) is 16.0 Å². The van der Waals surface area contributed by atoms with Gasteiger partial charge in [0.05, 0.1) is 0 Å². The number of nitrogens with zero attached hydrogens (tertiary/aromatic N) is 1. The number of ether oxygens (including phenoxy) is 1. The number of carbonyl (C=O) groups excluding carboxylic acids is 2. The van der Waals surface area contributed by atoms with Gasteiger partial charge < -0.3 is 4.74 Å². The van der Waals surface area contributed by atoms with E-state index in [2.05, 4.69) is 11.8 Å². The molecule has 4 heteroatoms. The lowest BCUT2D eigenvalue weighted by Crippen LogP contribution is -2.33. The Morgan fingerprint density at radius 1 is 1.05 bits per heavy atom. The normalized spacial score (nSPS) is 16.6. The van der Waals surface area contributed by atoms with Crippen LogP contribution < -0.4 is 0 Å². The van der Waals surface area contributed by atoms with E-state index in [-0.39, 0.29) is 6.61 Å². The van der Waals surface area contributed by atoms with Crippen molar-refractivity contribution in [1.29, 1.82) is 0 Å². The van der Waals surface area contributed by atoms with Gasteiger partial charge >= 0.3 is 12.0 Å². The van der Waals surface area contributed by atoms with Crippen molar-refractivity contribution in [2.24, 2.45) is 0 Å². The lowest BCUT2D eigenvalue weighted by Gasteiger charge is -2.17. The summed E-state index contributed by atoms with van der Waals surface area (Å²) in [6.45, 7) is 0.154. The lowest BCUT2D eigenvalue weighted by atomic mass is 10.1. The molecule has 1 aliphatic heterocycles. The zero-order chi connectivity index (χ0) is 15.4. The molecule has 1 heterocycles. The fraction of sp³-hybridized carbons (Fsp3) is 0.111. The summed E-state index contributed by atoms with van der Waals surface area (Å²) in [5, 5.41) is 0. The van der Waals surface area contributed by atoms with Crippen molar-refractivity contribution >= 4 is 12.0 Å². The molecular weight excluding hydrogens is 278 g/mol. The number of rotatable bonds is 1. The van der Waals surface area contributed by atoms with Crippen LogP contribution in [0.4, 0.5) is 4.79 Å². The van der Waals surface area contributed by atoms with Gasteiger partial charge in [0.2, 0.25) is 0 Å². The second-order valence-electron chi connectivity index (χ2n) is 4.79. The Kier molecular flexibility index (Phi) is 3.88. The van der Waals surface area contributed by atoms with Gasteiger partial charge in [-0.25, -0.2) is 9.69 Å². The molecule has 22 heavy (non-hydrogen) atoms. The predicted octanol–water partition coefficient (Wildman–Crippen LogP) is 2.76. The first-order valence-electron chi connectivity index (χ1n) is 6.87. The van der Waals surface area contributed by atoms with Crippen LogP contribution in [0, 0.1) is 11.8 Å². The third-order valence-corrected chi connectivity index (χ3v) is 3.36. The molecule has 0 unspecified atom stereocenters. The van der Waals surface area contributed by atoms with E-state index >= 15 is 0 Å². The van der Waals surface area contributed by atoms with E-state index < -0.39 is 18.0 Å². The third-order valence-electron chi connectivity index (χ3n) is 3.36. The van der Waals surface area contributed by atoms with E-state index in [1.165, 1.54) is 0 Å². The zero-order valence-corrected chi connectivity index (χ0v) is 11.7. The summed E-state index contributed by atoms with van der Waals surface area (Å²) in [7, 11) is 0. The Labute approximate surface area is 128 Å². The first-order valence-corrected chi connectivity index (χ1v) is 6.87. The van der Waals surface area contributed by atoms with Crippen LogP contribution in [0.2, 0.25) is 0 Å². The molecule has 1 saturated heterocycles. The molecule has 0 bridgehead atoms. The summed E-state index contributed by atoms with van der Waals surface area (Å²) in [6, 6.07) is 18.0. The van der Waals surface area contributed by atoms with Crippen molar-refractivity contribution in [3.63, 3.8) is 0 Å². The Morgan fingerprint density at radius 3 is 2.36 bits per heavy atom. The fourth-order valence-corrected chi connectivity index (χ4v) is 2.27. The van der Waals surface area contributed by atoms with E-state index in [0.29, 0.717) is 0 Å². The molecule has 108 valence electrons. The van der Waals surface area contributed by atoms with E-state index in [4.69, 9.17) is 4.74 Å². The van der Waals surface area contributed by atoms with E-state index in [9.17, 15) is 9.59 Å². The van der Waals surface area contributed by atoms with Crippen LogP contribution >= 0.6 is 0 Å². The Bertz CT molecular complexity index is 744. The Hall–Kier alpha value is -3.06. The van der Waals surface area contributed by atoms with Gasteiger partial charge in [0.15, 0.2) is 0 Å². The smallest absolute Gasteiger partial charge is 0.418 e. The zero-order valence-electron chi connectivity index (χ0n) is 11.7. The van der Waals surface area contributed by atoms with Crippen LogP contribution in [0.3, 0.4) is 0 Å². The molecule has 0 N–H and O–H groups in total. The highest BCUT2D eigenvalue weighted by molar-refractivity contribution is 6.04. The van der Waals surface area contributed by atoms with Crippen LogP contribution in [0.1, 0.15) is 17.2 Å². The number of cyclic esters (lactones) is 1. The fourth-order valence-electron chi connectivity index (χ4n) is 2.27. The highest BCUT2D eigenvalue weighted by atomic mass is 16.6. The standard InChI is InChI=1S/C18H13NO3/c20-17(12-11-14-7-3-1-4-8-14)19-16(13-22-18(19)21)15-9-5-2-6-10-15/h1-10,16H,13H2/t16-/m1/s1. The number of benzene rings is 2. The van der Waals surface area contributed by atoms with Crippen molar-refractivity contribution in [1.82, 2.24) is 4.90 Å². The number of hydrogen-bond acceptors (Lipinski definition) is 3. The van der Waals surface area contributed by atoms with Crippen molar-refractivity contribution in [2.45, 2.75) is 6.04 Å². The number of hydrogen-bond donors (Lipinski definition) is 0. The molecule has 0 aromatic heterocycles. The summed E-state index contributed by atoms with van der Waals surface area (Å²) in [6.07, 6.45) is -0.652. The molecule has 1 aliphatic rings. The molecule has 3 rings (SSSR count). The average molecular weight is 291 g/mol. The van der Waals surface area contributed by atoms with Gasteiger partial charge in [-0.05, 0) is 17.7 Å². The highest BCUT2D eigenvalue weighted by Crippen LogP contribution is 2.27. The number of imide groups is 1. The van der Waals surface area contributed by atoms with Crippen LogP contribution in [0.5, 0.6) is 0 Å². The third kappa shape index (κ3) is 2.84. The van der Waals surface area contributed by atoms with E-state index in [1.54, 1.807) is 12.1 Å². The number of carbonyl (C=O) groups is 2.